The molecule has 0 aromatic carbocycles. The summed E-state index contributed by atoms with van der Waals surface area (Å²) in [5, 5.41) is 0. The van der Waals surface area contributed by atoms with E-state index in [1.54, 1.807) is 12.8 Å². The van der Waals surface area contributed by atoms with Crippen LogP contribution in [0.15, 0.2) is 0 Å². The second kappa shape index (κ2) is 2.17. The second-order valence-corrected chi connectivity index (χ2v) is 8.05. The minimum absolute atomic E-state index is 1.08. The van der Waals surface area contributed by atoms with Crippen LogP contribution in [-0.2, 0) is 0 Å². The van der Waals surface area contributed by atoms with E-state index in [2.05, 4.69) is 45.2 Å². The van der Waals surface area contributed by atoms with Gasteiger partial charge < -0.3 is 0 Å². The summed E-state index contributed by atoms with van der Waals surface area (Å²) in [7, 11) is 0. The summed E-state index contributed by atoms with van der Waals surface area (Å²) in [6.07, 6.45) is 3.23. The monoisotopic (exact) mass is 386 g/mol. The quantitative estimate of drug-likeness (QED) is 0.444. The van der Waals surface area contributed by atoms with Gasteiger partial charge in [0, 0.05) is 7.85 Å². The van der Waals surface area contributed by atoms with Crippen molar-refractivity contribution in [3.05, 3.63) is 0 Å². The van der Waals surface area contributed by atoms with Crippen molar-refractivity contribution in [3.63, 3.8) is 0 Å². The Bertz CT molecular complexity index is 226. The molecule has 0 N–H and O–H groups in total. The lowest BCUT2D eigenvalue weighted by Gasteiger charge is -2.33. The third-order valence-corrected chi connectivity index (χ3v) is 8.68. The smallest absolute Gasteiger partial charge is 0.0175 e. The van der Waals surface area contributed by atoms with Gasteiger partial charge >= 0.3 is 0 Å². The van der Waals surface area contributed by atoms with Crippen molar-refractivity contribution >= 4 is 45.2 Å². The molecule has 0 saturated heterocycles. The van der Waals surface area contributed by atoms with Gasteiger partial charge in [-0.2, -0.15) is 0 Å². The molecule has 0 spiro atoms. The van der Waals surface area contributed by atoms with Crippen molar-refractivity contribution in [2.75, 3.05) is 0 Å². The van der Waals surface area contributed by atoms with Crippen LogP contribution >= 0.6 is 45.2 Å². The largest absolute Gasteiger partial charge is 0.0820 e. The van der Waals surface area contributed by atoms with Crippen LogP contribution < -0.4 is 0 Å². The Kier molecular flexibility index (Phi) is 1.39. The van der Waals surface area contributed by atoms with E-state index in [1.807, 2.05) is 0 Å². The van der Waals surface area contributed by atoms with Gasteiger partial charge in [0.2, 0.25) is 0 Å². The SMILES string of the molecule is I[C@H]1[C@@H]2C[C@H]3[C@H]4C[C@@H]2[C@@H]([C@H]4I)[C@H]13. The van der Waals surface area contributed by atoms with Gasteiger partial charge in [-0.15, -0.1) is 0 Å². The van der Waals surface area contributed by atoms with E-state index in [0.717, 1.165) is 19.7 Å². The number of hydrogen-bond acceptors (Lipinski definition) is 0. The van der Waals surface area contributed by atoms with Crippen molar-refractivity contribution in [2.45, 2.75) is 20.7 Å². The summed E-state index contributed by atoms with van der Waals surface area (Å²) in [5.41, 5.74) is 0. The maximum atomic E-state index is 2.77. The molecule has 0 amide bonds. The molecule has 66 valence electrons. The van der Waals surface area contributed by atoms with Crippen molar-refractivity contribution < 1.29 is 0 Å². The van der Waals surface area contributed by atoms with Gasteiger partial charge in [-0.1, -0.05) is 45.2 Å². The van der Waals surface area contributed by atoms with Crippen LogP contribution in [0.2, 0.25) is 0 Å². The minimum Gasteiger partial charge on any atom is -0.0820 e. The number of hydrogen-bond donors (Lipinski definition) is 0. The highest BCUT2D eigenvalue weighted by atomic mass is 127. The topological polar surface area (TPSA) is 0 Å². The molecule has 12 heavy (non-hydrogen) atoms. The first-order valence-electron chi connectivity index (χ1n) is 5.07. The average Bonchev–Trinajstić information content (AvgIpc) is 2.68. The van der Waals surface area contributed by atoms with E-state index < -0.39 is 0 Å². The molecule has 0 radical (unpaired) electrons. The van der Waals surface area contributed by atoms with Crippen molar-refractivity contribution in [3.8, 4) is 0 Å². The highest BCUT2D eigenvalue weighted by Gasteiger charge is 2.71. The minimum atomic E-state index is 1.08. The summed E-state index contributed by atoms with van der Waals surface area (Å²) in [6, 6.07) is 0. The molecule has 0 unspecified atom stereocenters. The molecule has 4 saturated carbocycles. The predicted molar refractivity (Wildman–Crippen MR) is 65.8 cm³/mol. The Morgan fingerprint density at radius 3 is 1.42 bits per heavy atom. The zero-order valence-corrected chi connectivity index (χ0v) is 11.1. The lowest BCUT2D eigenvalue weighted by molar-refractivity contribution is 0.146. The Balaban J connectivity index is 1.92. The average molecular weight is 386 g/mol. The fourth-order valence-corrected chi connectivity index (χ4v) is 8.66. The van der Waals surface area contributed by atoms with E-state index in [0.29, 0.717) is 0 Å². The van der Waals surface area contributed by atoms with E-state index in [1.165, 1.54) is 23.7 Å². The Labute approximate surface area is 101 Å². The molecule has 0 heterocycles. The summed E-state index contributed by atoms with van der Waals surface area (Å²) in [5.74, 6) is 6.99. The van der Waals surface area contributed by atoms with E-state index >= 15 is 0 Å². The van der Waals surface area contributed by atoms with E-state index in [4.69, 9.17) is 0 Å². The maximum Gasteiger partial charge on any atom is 0.0175 e. The molecule has 0 aliphatic heterocycles. The van der Waals surface area contributed by atoms with Gasteiger partial charge in [0.1, 0.15) is 0 Å². The van der Waals surface area contributed by atoms with Gasteiger partial charge in [-0.25, -0.2) is 0 Å². The summed E-state index contributed by atoms with van der Waals surface area (Å²) in [4.78, 5) is 0. The van der Waals surface area contributed by atoms with Crippen LogP contribution in [0.4, 0.5) is 0 Å². The zero-order valence-electron chi connectivity index (χ0n) is 6.79. The first-order chi connectivity index (χ1) is 5.79. The van der Waals surface area contributed by atoms with Gasteiger partial charge in [-0.3, -0.25) is 0 Å². The molecule has 4 aliphatic carbocycles. The van der Waals surface area contributed by atoms with Gasteiger partial charge in [0.05, 0.1) is 0 Å². The third-order valence-electron chi connectivity index (χ3n) is 5.18. The molecular formula is C10H12I2. The predicted octanol–water partition coefficient (Wildman–Crippen LogP) is 3.13. The standard InChI is InChI=1S/C10H12I2/c11-9-5-1-3-6-2-4(5)8(7(3)9)10(6)12/h3-10H,1-2H2/t3-,4-,5+,6+,7+,8+,9-,10-/m0/s1. The molecule has 0 aromatic rings. The Morgan fingerprint density at radius 2 is 1.08 bits per heavy atom. The number of fused-ring (bicyclic) bond motifs is 4. The number of alkyl halides is 2. The normalized spacial score (nSPS) is 76.5. The molecule has 4 rings (SSSR count). The van der Waals surface area contributed by atoms with Crippen LogP contribution in [0.3, 0.4) is 0 Å². The molecule has 0 aromatic heterocycles. The third kappa shape index (κ3) is 0.607. The second-order valence-electron chi connectivity index (χ2n) is 5.17. The van der Waals surface area contributed by atoms with Crippen LogP contribution in [0.25, 0.3) is 0 Å². The number of halogens is 2. The fourth-order valence-electron chi connectivity index (χ4n) is 4.98. The summed E-state index contributed by atoms with van der Waals surface area (Å²) < 4.78 is 2.15. The molecule has 2 heteroatoms. The lowest BCUT2D eigenvalue weighted by Crippen LogP contribution is -2.27. The Morgan fingerprint density at radius 1 is 0.667 bits per heavy atom. The molecule has 4 aliphatic rings. The van der Waals surface area contributed by atoms with Crippen LogP contribution in [-0.4, -0.2) is 7.85 Å². The molecule has 4 bridgehead atoms. The molecule has 8 atom stereocenters. The van der Waals surface area contributed by atoms with Crippen molar-refractivity contribution in [1.82, 2.24) is 0 Å². The van der Waals surface area contributed by atoms with Crippen LogP contribution in [0.1, 0.15) is 12.8 Å². The highest BCUT2D eigenvalue weighted by Crippen LogP contribution is 2.75. The molecule has 4 fully saturated rings. The zero-order chi connectivity index (χ0) is 8.03. The van der Waals surface area contributed by atoms with E-state index in [-0.39, 0.29) is 0 Å². The fraction of sp³-hybridized carbons (Fsp3) is 1.00. The van der Waals surface area contributed by atoms with Crippen LogP contribution in [0, 0.1) is 35.5 Å². The molecule has 0 nitrogen and oxygen atoms in total. The van der Waals surface area contributed by atoms with E-state index in [9.17, 15) is 0 Å². The highest BCUT2D eigenvalue weighted by molar-refractivity contribution is 14.1. The van der Waals surface area contributed by atoms with Gasteiger partial charge in [-0.05, 0) is 48.3 Å². The maximum absolute atomic E-state index is 2.77. The van der Waals surface area contributed by atoms with Crippen molar-refractivity contribution in [2.24, 2.45) is 35.5 Å². The Hall–Kier alpha value is 1.46. The van der Waals surface area contributed by atoms with Crippen LogP contribution in [0.5, 0.6) is 0 Å². The molecular weight excluding hydrogens is 374 g/mol. The summed E-state index contributed by atoms with van der Waals surface area (Å²) >= 11 is 5.53. The first-order valence-corrected chi connectivity index (χ1v) is 7.56. The first kappa shape index (κ1) is 7.71. The van der Waals surface area contributed by atoms with Gasteiger partial charge in [0.25, 0.3) is 0 Å². The summed E-state index contributed by atoms with van der Waals surface area (Å²) in [6.45, 7) is 0. The van der Waals surface area contributed by atoms with Gasteiger partial charge in [0.15, 0.2) is 0 Å². The van der Waals surface area contributed by atoms with Crippen molar-refractivity contribution in [1.29, 1.82) is 0 Å². The lowest BCUT2D eigenvalue weighted by atomic mass is 9.71. The number of rotatable bonds is 0.